The Labute approximate surface area is 318 Å². The maximum absolute atomic E-state index is 15.2. The van der Waals surface area contributed by atoms with Crippen LogP contribution in [0.4, 0.5) is 5.69 Å². The Morgan fingerprint density at radius 2 is 1.78 bits per heavy atom. The van der Waals surface area contributed by atoms with Gasteiger partial charge < -0.3 is 29.2 Å². The van der Waals surface area contributed by atoms with Gasteiger partial charge in [0.05, 0.1) is 27.4 Å². The van der Waals surface area contributed by atoms with Crippen molar-refractivity contribution in [2.45, 2.75) is 93.7 Å². The molecule has 0 radical (unpaired) electrons. The van der Waals surface area contributed by atoms with Crippen LogP contribution in [-0.4, -0.2) is 111 Å². The highest BCUT2D eigenvalue weighted by molar-refractivity contribution is 5.94. The van der Waals surface area contributed by atoms with Crippen molar-refractivity contribution in [3.63, 3.8) is 0 Å². The predicted molar refractivity (Wildman–Crippen MR) is 208 cm³/mol. The van der Waals surface area contributed by atoms with Gasteiger partial charge >= 0.3 is 11.9 Å². The number of carbonyl (C=O) groups excluding carboxylic acids is 2. The topological polar surface area (TPSA) is 108 Å². The molecule has 10 nitrogen and oxygen atoms in total. The van der Waals surface area contributed by atoms with Crippen LogP contribution < -0.4 is 9.64 Å². The summed E-state index contributed by atoms with van der Waals surface area (Å²) in [7, 11) is 6.59. The molecule has 0 amide bonds. The summed E-state index contributed by atoms with van der Waals surface area (Å²) in [5.41, 5.74) is 3.33. The molecule has 9 rings (SSSR count). The summed E-state index contributed by atoms with van der Waals surface area (Å²) in [4.78, 5) is 40.4. The Morgan fingerprint density at radius 1 is 0.981 bits per heavy atom. The Morgan fingerprint density at radius 3 is 2.52 bits per heavy atom. The van der Waals surface area contributed by atoms with Crippen LogP contribution in [-0.2, 0) is 36.3 Å². The molecular formula is C44H56N4O6. The smallest absolute Gasteiger partial charge is 0.340 e. The molecule has 6 heterocycles. The number of esters is 2. The third kappa shape index (κ3) is 4.56. The fourth-order valence-electron chi connectivity index (χ4n) is 13.2. The van der Waals surface area contributed by atoms with Crippen LogP contribution in [0.25, 0.3) is 10.9 Å². The Balaban J connectivity index is 1.36. The second-order valence-corrected chi connectivity index (χ2v) is 17.3. The second-order valence-electron chi connectivity index (χ2n) is 17.3. The number of aromatic nitrogens is 1. The molecule has 1 aromatic heterocycles. The van der Waals surface area contributed by atoms with Gasteiger partial charge in [0, 0.05) is 72.1 Å². The zero-order valence-corrected chi connectivity index (χ0v) is 32.8. The summed E-state index contributed by atoms with van der Waals surface area (Å²) in [5.74, 6) is -0.204. The largest absolute Gasteiger partial charge is 0.496 e. The van der Waals surface area contributed by atoms with Crippen LogP contribution in [0.1, 0.15) is 81.2 Å². The van der Waals surface area contributed by atoms with Crippen molar-refractivity contribution in [3.05, 3.63) is 70.4 Å². The molecular weight excluding hydrogens is 681 g/mol. The number of carbonyl (C=O) groups is 2. The average Bonchev–Trinajstić information content (AvgIpc) is 3.85. The number of aromatic amines is 1. The van der Waals surface area contributed by atoms with Crippen molar-refractivity contribution in [1.29, 1.82) is 0 Å². The SMILES string of the molecule is CCC1=C[C@@H]2CN(CCc3c([nH]c4ccccc34)[C@@](C(=O)OC)(c3cc4c(cc3OC)N(C)[C@@H]3[C@]45CCN4CCC[C@@](CC)(C[C@]3(O)C(=O)OC)[C@H]45)C2)C1. The Kier molecular flexibility index (Phi) is 8.35. The van der Waals surface area contributed by atoms with Gasteiger partial charge in [-0.15, -0.1) is 0 Å². The van der Waals surface area contributed by atoms with Crippen LogP contribution in [0.5, 0.6) is 5.75 Å². The van der Waals surface area contributed by atoms with E-state index in [-0.39, 0.29) is 23.3 Å². The van der Waals surface area contributed by atoms with Crippen LogP contribution in [0.3, 0.4) is 0 Å². The fourth-order valence-corrected chi connectivity index (χ4v) is 13.2. The lowest BCUT2D eigenvalue weighted by atomic mass is 9.48. The minimum absolute atomic E-state index is 0.0869. The van der Waals surface area contributed by atoms with Gasteiger partial charge in [-0.3, -0.25) is 14.6 Å². The number of anilines is 1. The van der Waals surface area contributed by atoms with Crippen molar-refractivity contribution < 1.29 is 28.9 Å². The minimum Gasteiger partial charge on any atom is -0.496 e. The fraction of sp³-hybridized carbons (Fsp3) is 0.591. The highest BCUT2D eigenvalue weighted by Gasteiger charge is 2.76. The van der Waals surface area contributed by atoms with Crippen LogP contribution >= 0.6 is 0 Å². The van der Waals surface area contributed by atoms with Crippen molar-refractivity contribution in [3.8, 4) is 5.75 Å². The summed E-state index contributed by atoms with van der Waals surface area (Å²) in [6.45, 7) is 9.00. The van der Waals surface area contributed by atoms with Gasteiger partial charge in [0.15, 0.2) is 5.60 Å². The van der Waals surface area contributed by atoms with E-state index in [0.717, 1.165) is 110 Å². The number of hydrogen-bond donors (Lipinski definition) is 2. The average molecular weight is 737 g/mol. The number of H-pyrrole nitrogens is 1. The molecule has 10 heteroatoms. The second kappa shape index (κ2) is 12.6. The lowest BCUT2D eigenvalue weighted by Gasteiger charge is -2.62. The molecule has 3 aromatic rings. The number of nitrogens with one attached hydrogen (secondary N) is 1. The first kappa shape index (κ1) is 35.8. The van der Waals surface area contributed by atoms with E-state index in [1.54, 1.807) is 7.11 Å². The summed E-state index contributed by atoms with van der Waals surface area (Å²) in [6, 6.07) is 12.3. The Hall–Kier alpha value is -3.86. The lowest BCUT2D eigenvalue weighted by molar-refractivity contribution is -0.188. The monoisotopic (exact) mass is 736 g/mol. The van der Waals surface area contributed by atoms with Crippen molar-refractivity contribution in [2.24, 2.45) is 11.3 Å². The van der Waals surface area contributed by atoms with Gasteiger partial charge in [0.2, 0.25) is 0 Å². The van der Waals surface area contributed by atoms with Gasteiger partial charge in [0.25, 0.3) is 0 Å². The zero-order chi connectivity index (χ0) is 37.8. The van der Waals surface area contributed by atoms with E-state index < -0.39 is 28.4 Å². The number of hydrogen-bond acceptors (Lipinski definition) is 9. The third-order valence-electron chi connectivity index (χ3n) is 15.1. The third-order valence-corrected chi connectivity index (χ3v) is 15.1. The summed E-state index contributed by atoms with van der Waals surface area (Å²) in [5, 5.41) is 14.0. The lowest BCUT2D eigenvalue weighted by Crippen LogP contribution is -2.75. The molecule has 1 spiro atoms. The zero-order valence-electron chi connectivity index (χ0n) is 32.8. The van der Waals surface area contributed by atoms with Gasteiger partial charge in [-0.25, -0.2) is 4.79 Å². The first-order valence-corrected chi connectivity index (χ1v) is 20.2. The van der Waals surface area contributed by atoms with Crippen LogP contribution in [0.15, 0.2) is 48.0 Å². The molecule has 54 heavy (non-hydrogen) atoms. The number of aliphatic hydroxyl groups is 1. The summed E-state index contributed by atoms with van der Waals surface area (Å²) >= 11 is 0. The number of nitrogens with zero attached hydrogens (tertiary/aromatic N) is 3. The molecule has 6 aliphatic rings. The maximum atomic E-state index is 15.2. The highest BCUT2D eigenvalue weighted by atomic mass is 16.5. The van der Waals surface area contributed by atoms with E-state index in [2.05, 4.69) is 69.9 Å². The highest BCUT2D eigenvalue weighted by Crippen LogP contribution is 2.68. The molecule has 2 bridgehead atoms. The van der Waals surface area contributed by atoms with Crippen molar-refractivity contribution in [1.82, 2.24) is 14.8 Å². The first-order valence-electron chi connectivity index (χ1n) is 20.2. The molecule has 8 atom stereocenters. The van der Waals surface area contributed by atoms with Crippen molar-refractivity contribution >= 4 is 28.5 Å². The number of likely N-dealkylation sites (N-methyl/N-ethyl adjacent to an activating group) is 1. The number of rotatable bonds is 6. The number of methoxy groups -OCH3 is 3. The first-order chi connectivity index (χ1) is 26.0. The normalized spacial score (nSPS) is 35.5. The van der Waals surface area contributed by atoms with Crippen LogP contribution in [0.2, 0.25) is 0 Å². The van der Waals surface area contributed by atoms with E-state index >= 15 is 4.79 Å². The molecule has 1 aliphatic carbocycles. The van der Waals surface area contributed by atoms with Gasteiger partial charge in [0.1, 0.15) is 11.2 Å². The Bertz CT molecular complexity index is 2060. The maximum Gasteiger partial charge on any atom is 0.340 e. The quantitative estimate of drug-likeness (QED) is 0.252. The summed E-state index contributed by atoms with van der Waals surface area (Å²) < 4.78 is 17.8. The number of fused-ring (bicyclic) bond motifs is 6. The van der Waals surface area contributed by atoms with Crippen molar-refractivity contribution in [2.75, 3.05) is 66.0 Å². The van der Waals surface area contributed by atoms with E-state index in [0.29, 0.717) is 18.6 Å². The van der Waals surface area contributed by atoms with Gasteiger partial charge in [-0.1, -0.05) is 43.7 Å². The number of piperidine rings is 1. The number of para-hydroxylation sites is 1. The van der Waals surface area contributed by atoms with E-state index in [1.165, 1.54) is 19.8 Å². The standard InChI is InChI=1S/C44H56N4O6/c1-7-27-20-28-23-43(39(49)53-5,36-30(14-18-47(24-27)25-28)29-12-9-10-13-33(29)45-36)32-21-31-34(22-35(32)52-4)46(3)38-42(31)16-19-48-17-11-15-41(8-2,37(42)48)26-44(38,51)40(50)54-6/h9-10,12-13,20-22,28,37-38,45,51H,7-8,11,14-19,23-26H2,1-6H3/t28-,37-,38+,41-,42+,43-,44+/m0/s1. The predicted octanol–water partition coefficient (Wildman–Crippen LogP) is 5.48. The van der Waals surface area contributed by atoms with Gasteiger partial charge in [-0.05, 0) is 99.0 Å². The van der Waals surface area contributed by atoms with E-state index in [4.69, 9.17) is 14.2 Å². The van der Waals surface area contributed by atoms with Gasteiger partial charge in [-0.2, -0.15) is 0 Å². The van der Waals surface area contributed by atoms with E-state index in [1.807, 2.05) is 13.1 Å². The molecule has 5 aliphatic heterocycles. The van der Waals surface area contributed by atoms with E-state index in [9.17, 15) is 9.90 Å². The molecule has 3 fully saturated rings. The number of ether oxygens (including phenoxy) is 3. The molecule has 2 saturated heterocycles. The van der Waals surface area contributed by atoms with Crippen LogP contribution in [0, 0.1) is 11.3 Å². The number of benzene rings is 2. The molecule has 1 saturated carbocycles. The molecule has 2 N–H and O–H groups in total. The molecule has 288 valence electrons. The molecule has 1 unspecified atom stereocenters. The summed E-state index contributed by atoms with van der Waals surface area (Å²) in [6.07, 6.45) is 8.61. The molecule has 2 aromatic carbocycles. The minimum atomic E-state index is -1.73.